The Labute approximate surface area is 118 Å². The molecule has 1 aromatic carbocycles. The Kier molecular flexibility index (Phi) is 6.31. The van der Waals surface area contributed by atoms with Crippen molar-refractivity contribution < 1.29 is 19.4 Å². The Morgan fingerprint density at radius 1 is 1.45 bits per heavy atom. The van der Waals surface area contributed by atoms with E-state index in [0.717, 1.165) is 6.42 Å². The third kappa shape index (κ3) is 4.43. The number of carboxylic acid groups (broad SMARTS) is 1. The predicted octanol–water partition coefficient (Wildman–Crippen LogP) is 2.77. The smallest absolute Gasteiger partial charge is 0.314 e. The highest BCUT2D eigenvalue weighted by molar-refractivity contribution is 6.08. The largest absolute Gasteiger partial charge is 0.494 e. The fourth-order valence-electron chi connectivity index (χ4n) is 1.78. The highest BCUT2D eigenvalue weighted by Gasteiger charge is 2.25. The third-order valence-corrected chi connectivity index (χ3v) is 2.88. The third-order valence-electron chi connectivity index (χ3n) is 2.88. The lowest BCUT2D eigenvalue weighted by Gasteiger charge is -2.10. The molecule has 0 radical (unpaired) electrons. The van der Waals surface area contributed by atoms with Gasteiger partial charge in [0.25, 0.3) is 0 Å². The van der Waals surface area contributed by atoms with E-state index in [2.05, 4.69) is 5.92 Å². The maximum absolute atomic E-state index is 12.1. The number of Topliss-reactive ketones (excluding diaryl/α,β-unsaturated/α-hetero) is 1. The number of aliphatic carboxylic acids is 1. The minimum Gasteiger partial charge on any atom is -0.494 e. The topological polar surface area (TPSA) is 63.6 Å². The zero-order valence-electron chi connectivity index (χ0n) is 11.5. The van der Waals surface area contributed by atoms with Crippen LogP contribution in [0.3, 0.4) is 0 Å². The van der Waals surface area contributed by atoms with E-state index in [1.807, 2.05) is 0 Å². The molecule has 0 spiro atoms. The summed E-state index contributed by atoms with van der Waals surface area (Å²) in [4.78, 5) is 23.1. The normalized spacial score (nSPS) is 11.4. The molecule has 0 heterocycles. The summed E-state index contributed by atoms with van der Waals surface area (Å²) < 4.78 is 5.48. The molecule has 0 aliphatic carbocycles. The van der Waals surface area contributed by atoms with Gasteiger partial charge in [0.05, 0.1) is 6.61 Å². The number of carbonyl (C=O) groups is 2. The molecule has 0 aliphatic rings. The Hall–Kier alpha value is -2.28. The van der Waals surface area contributed by atoms with Crippen LogP contribution in [-0.2, 0) is 4.79 Å². The number of carbonyl (C=O) groups excluding carboxylic acids is 1. The van der Waals surface area contributed by atoms with Gasteiger partial charge in [-0.1, -0.05) is 19.1 Å². The van der Waals surface area contributed by atoms with Crippen LogP contribution in [0.1, 0.15) is 36.5 Å². The maximum atomic E-state index is 12.1. The fourth-order valence-corrected chi connectivity index (χ4v) is 1.78. The molecule has 0 amide bonds. The molecule has 0 saturated carbocycles. The maximum Gasteiger partial charge on any atom is 0.314 e. The first-order valence-corrected chi connectivity index (χ1v) is 6.53. The summed E-state index contributed by atoms with van der Waals surface area (Å²) in [6, 6.07) is 6.58. The second kappa shape index (κ2) is 8.00. The Balaban J connectivity index is 2.74. The molecule has 1 rings (SSSR count). The zero-order chi connectivity index (χ0) is 15.0. The molecule has 0 aromatic heterocycles. The van der Waals surface area contributed by atoms with Crippen LogP contribution in [0.25, 0.3) is 0 Å². The number of terminal acetylenes is 1. The summed E-state index contributed by atoms with van der Waals surface area (Å²) in [6.07, 6.45) is 6.78. The predicted molar refractivity (Wildman–Crippen MR) is 75.8 cm³/mol. The van der Waals surface area contributed by atoms with Crippen LogP contribution in [0.15, 0.2) is 24.3 Å². The first-order chi connectivity index (χ1) is 9.60. The standard InChI is InChI=1S/C16H18O4/c1-3-5-6-10-20-13-9-7-8-12(11-13)15(17)14(4-2)16(18)19/h1,7-9,11,14H,4-6,10H2,2H3,(H,18,19). The van der Waals surface area contributed by atoms with Gasteiger partial charge in [-0.2, -0.15) is 0 Å². The average molecular weight is 274 g/mol. The van der Waals surface area contributed by atoms with Crippen LogP contribution >= 0.6 is 0 Å². The summed E-state index contributed by atoms with van der Waals surface area (Å²) in [7, 11) is 0. The van der Waals surface area contributed by atoms with Gasteiger partial charge < -0.3 is 9.84 Å². The van der Waals surface area contributed by atoms with Crippen molar-refractivity contribution in [3.05, 3.63) is 29.8 Å². The molecule has 0 aliphatic heterocycles. The van der Waals surface area contributed by atoms with E-state index < -0.39 is 17.7 Å². The summed E-state index contributed by atoms with van der Waals surface area (Å²) in [5, 5.41) is 9.00. The highest BCUT2D eigenvalue weighted by Crippen LogP contribution is 2.18. The van der Waals surface area contributed by atoms with E-state index in [4.69, 9.17) is 16.3 Å². The van der Waals surface area contributed by atoms with Crippen molar-refractivity contribution in [3.63, 3.8) is 0 Å². The van der Waals surface area contributed by atoms with Gasteiger partial charge in [0, 0.05) is 12.0 Å². The molecule has 106 valence electrons. The van der Waals surface area contributed by atoms with Crippen LogP contribution in [0.2, 0.25) is 0 Å². The van der Waals surface area contributed by atoms with Crippen LogP contribution in [0.5, 0.6) is 5.75 Å². The van der Waals surface area contributed by atoms with E-state index >= 15 is 0 Å². The summed E-state index contributed by atoms with van der Waals surface area (Å²) >= 11 is 0. The van der Waals surface area contributed by atoms with Crippen molar-refractivity contribution in [1.82, 2.24) is 0 Å². The lowest BCUT2D eigenvalue weighted by atomic mass is 9.95. The Morgan fingerprint density at radius 3 is 2.80 bits per heavy atom. The zero-order valence-corrected chi connectivity index (χ0v) is 11.5. The van der Waals surface area contributed by atoms with Crippen molar-refractivity contribution in [3.8, 4) is 18.1 Å². The van der Waals surface area contributed by atoms with Crippen LogP contribution < -0.4 is 4.74 Å². The van der Waals surface area contributed by atoms with Gasteiger partial charge in [-0.3, -0.25) is 9.59 Å². The van der Waals surface area contributed by atoms with E-state index in [1.165, 1.54) is 0 Å². The number of hydrogen-bond donors (Lipinski definition) is 1. The number of benzene rings is 1. The van der Waals surface area contributed by atoms with E-state index in [-0.39, 0.29) is 6.42 Å². The fraction of sp³-hybridized carbons (Fsp3) is 0.375. The van der Waals surface area contributed by atoms with Crippen LogP contribution in [0, 0.1) is 18.3 Å². The minimum absolute atomic E-state index is 0.265. The van der Waals surface area contributed by atoms with Gasteiger partial charge >= 0.3 is 5.97 Å². The van der Waals surface area contributed by atoms with Crippen molar-refractivity contribution >= 4 is 11.8 Å². The quantitative estimate of drug-likeness (QED) is 0.342. The van der Waals surface area contributed by atoms with Crippen LogP contribution in [-0.4, -0.2) is 23.5 Å². The first kappa shape index (κ1) is 15.8. The molecular formula is C16H18O4. The molecule has 1 N–H and O–H groups in total. The number of rotatable bonds is 8. The average Bonchev–Trinajstić information content (AvgIpc) is 2.44. The number of hydrogen-bond acceptors (Lipinski definition) is 3. The first-order valence-electron chi connectivity index (χ1n) is 6.53. The van der Waals surface area contributed by atoms with Gasteiger partial charge in [0.2, 0.25) is 0 Å². The second-order valence-electron chi connectivity index (χ2n) is 4.35. The number of carboxylic acids is 1. The van der Waals surface area contributed by atoms with Gasteiger partial charge in [-0.25, -0.2) is 0 Å². The van der Waals surface area contributed by atoms with E-state index in [0.29, 0.717) is 24.3 Å². The summed E-state index contributed by atoms with van der Waals surface area (Å²) in [5.41, 5.74) is 0.355. The summed E-state index contributed by atoms with van der Waals surface area (Å²) in [6.45, 7) is 2.15. The molecular weight excluding hydrogens is 256 g/mol. The minimum atomic E-state index is -1.10. The van der Waals surface area contributed by atoms with Crippen LogP contribution in [0.4, 0.5) is 0 Å². The lowest BCUT2D eigenvalue weighted by molar-refractivity contribution is -0.140. The molecule has 1 aromatic rings. The monoisotopic (exact) mass is 274 g/mol. The van der Waals surface area contributed by atoms with Crippen molar-refractivity contribution in [2.45, 2.75) is 26.2 Å². The number of unbranched alkanes of at least 4 members (excludes halogenated alkanes) is 1. The second-order valence-corrected chi connectivity index (χ2v) is 4.35. The van der Waals surface area contributed by atoms with Crippen molar-refractivity contribution in [2.75, 3.05) is 6.61 Å². The Bertz CT molecular complexity index is 513. The van der Waals surface area contributed by atoms with Gasteiger partial charge in [-0.15, -0.1) is 12.3 Å². The molecule has 0 saturated heterocycles. The van der Waals surface area contributed by atoms with E-state index in [1.54, 1.807) is 31.2 Å². The van der Waals surface area contributed by atoms with E-state index in [9.17, 15) is 9.59 Å². The highest BCUT2D eigenvalue weighted by atomic mass is 16.5. The molecule has 4 heteroatoms. The van der Waals surface area contributed by atoms with Gasteiger partial charge in [0.1, 0.15) is 11.7 Å². The molecule has 1 atom stereocenters. The molecule has 0 bridgehead atoms. The lowest BCUT2D eigenvalue weighted by Crippen LogP contribution is -2.23. The summed E-state index contributed by atoms with van der Waals surface area (Å²) in [5.74, 6) is 0.567. The SMILES string of the molecule is C#CCCCOc1cccc(C(=O)C(CC)C(=O)O)c1. The van der Waals surface area contributed by atoms with Crippen molar-refractivity contribution in [2.24, 2.45) is 5.92 Å². The molecule has 4 nitrogen and oxygen atoms in total. The van der Waals surface area contributed by atoms with Gasteiger partial charge in [0.15, 0.2) is 5.78 Å². The number of ketones is 1. The molecule has 20 heavy (non-hydrogen) atoms. The van der Waals surface area contributed by atoms with Crippen molar-refractivity contribution in [1.29, 1.82) is 0 Å². The number of ether oxygens (including phenoxy) is 1. The van der Waals surface area contributed by atoms with Gasteiger partial charge in [-0.05, 0) is 25.0 Å². The Morgan fingerprint density at radius 2 is 2.20 bits per heavy atom. The molecule has 0 fully saturated rings. The molecule has 1 unspecified atom stereocenters.